The summed E-state index contributed by atoms with van der Waals surface area (Å²) in [6, 6.07) is 0. The lowest BCUT2D eigenvalue weighted by Gasteiger charge is -2.21. The van der Waals surface area contributed by atoms with Gasteiger partial charge in [0.15, 0.2) is 0 Å². The van der Waals surface area contributed by atoms with Crippen LogP contribution in [0.1, 0.15) is 125 Å². The van der Waals surface area contributed by atoms with Gasteiger partial charge in [-0.05, 0) is 40.5 Å². The highest BCUT2D eigenvalue weighted by molar-refractivity contribution is 4.66. The third-order valence-corrected chi connectivity index (χ3v) is 4.67. The molecule has 0 fully saturated rings. The van der Waals surface area contributed by atoms with Gasteiger partial charge in [0.25, 0.3) is 0 Å². The molecule has 0 aliphatic carbocycles. The van der Waals surface area contributed by atoms with Gasteiger partial charge in [-0.3, -0.25) is 0 Å². The van der Waals surface area contributed by atoms with Gasteiger partial charge in [-0.25, -0.2) is 19.6 Å². The maximum atomic E-state index is 5.08. The van der Waals surface area contributed by atoms with Crippen molar-refractivity contribution in [2.45, 2.75) is 136 Å². The van der Waals surface area contributed by atoms with E-state index in [1.54, 1.807) is 0 Å². The molecule has 0 aromatic rings. The Kier molecular flexibility index (Phi) is 22.4. The molecule has 0 amide bonds. The van der Waals surface area contributed by atoms with Crippen molar-refractivity contribution in [3.63, 3.8) is 0 Å². The Morgan fingerprint density at radius 2 is 0.793 bits per heavy atom. The highest BCUT2D eigenvalue weighted by atomic mass is 17.5. The van der Waals surface area contributed by atoms with Crippen molar-refractivity contribution in [1.82, 2.24) is 0 Å². The molecule has 0 N–H and O–H groups in total. The largest absolute Gasteiger partial charge is 0.210 e. The lowest BCUT2D eigenvalue weighted by molar-refractivity contribution is -0.532. The Balaban J connectivity index is 0. The molecule has 0 aromatic heterocycles. The number of hydrogen-bond acceptors (Lipinski definition) is 6. The molecule has 29 heavy (non-hydrogen) atoms. The van der Waals surface area contributed by atoms with Gasteiger partial charge in [0.2, 0.25) is 0 Å². The maximum Gasteiger partial charge on any atom is 0.101 e. The Labute approximate surface area is 180 Å². The van der Waals surface area contributed by atoms with Gasteiger partial charge in [0.1, 0.15) is 11.2 Å². The van der Waals surface area contributed by atoms with Crippen molar-refractivity contribution in [1.29, 1.82) is 0 Å². The summed E-state index contributed by atoms with van der Waals surface area (Å²) in [5, 5.41) is 8.97. The van der Waals surface area contributed by atoms with Crippen LogP contribution in [0.2, 0.25) is 0 Å². The van der Waals surface area contributed by atoms with Crippen molar-refractivity contribution in [3.05, 3.63) is 0 Å². The van der Waals surface area contributed by atoms with Gasteiger partial charge in [-0.1, -0.05) is 94.6 Å². The maximum absolute atomic E-state index is 5.08. The first-order chi connectivity index (χ1) is 13.7. The predicted molar refractivity (Wildman–Crippen MR) is 118 cm³/mol. The molecule has 0 unspecified atom stereocenters. The fourth-order valence-corrected chi connectivity index (χ4v) is 2.82. The molecule has 0 aliphatic heterocycles. The van der Waals surface area contributed by atoms with E-state index in [0.717, 1.165) is 12.8 Å². The van der Waals surface area contributed by atoms with Crippen LogP contribution in [0.15, 0.2) is 0 Å². The highest BCUT2D eigenvalue weighted by Gasteiger charge is 2.20. The van der Waals surface area contributed by atoms with Gasteiger partial charge in [-0.2, -0.15) is 0 Å². The van der Waals surface area contributed by atoms with E-state index in [9.17, 15) is 0 Å². The summed E-state index contributed by atoms with van der Waals surface area (Å²) in [4.78, 5) is 19.0. The summed E-state index contributed by atoms with van der Waals surface area (Å²) in [6.07, 6.45) is 16.2. The molecule has 0 spiro atoms. The van der Waals surface area contributed by atoms with Gasteiger partial charge in [-0.15, -0.1) is 0 Å². The van der Waals surface area contributed by atoms with Crippen molar-refractivity contribution in [3.8, 4) is 0 Å². The summed E-state index contributed by atoms with van der Waals surface area (Å²) in [6.45, 7) is 12.5. The third kappa shape index (κ3) is 25.7. The molecule has 0 aliphatic rings. The minimum Gasteiger partial charge on any atom is -0.210 e. The molecular formula is C23H50O6. The standard InChI is InChI=1S/C12H26O3.C11H24O3/c1-5-6-7-8-9-10-11-12(2,3)14-15-13-4;1-5-6-7-8-9-10-11(2,3)13-14-12-4/h5-11H2,1-4H3;5-10H2,1-4H3. The molecule has 178 valence electrons. The zero-order valence-electron chi connectivity index (χ0n) is 20.6. The van der Waals surface area contributed by atoms with Crippen LogP contribution in [-0.2, 0) is 29.6 Å². The minimum absolute atomic E-state index is 0.248. The van der Waals surface area contributed by atoms with E-state index in [0.29, 0.717) is 0 Å². The number of rotatable bonds is 19. The van der Waals surface area contributed by atoms with E-state index in [-0.39, 0.29) is 11.2 Å². The van der Waals surface area contributed by atoms with E-state index < -0.39 is 0 Å². The quantitative estimate of drug-likeness (QED) is 0.121. The lowest BCUT2D eigenvalue weighted by atomic mass is 10.00. The van der Waals surface area contributed by atoms with Crippen LogP contribution < -0.4 is 0 Å². The predicted octanol–water partition coefficient (Wildman–Crippen LogP) is 7.66. The van der Waals surface area contributed by atoms with Gasteiger partial charge in [0.05, 0.1) is 14.2 Å². The van der Waals surface area contributed by atoms with Crippen LogP contribution in [0, 0.1) is 0 Å². The summed E-state index contributed by atoms with van der Waals surface area (Å²) in [5.74, 6) is 0. The topological polar surface area (TPSA) is 55.4 Å². The summed E-state index contributed by atoms with van der Waals surface area (Å²) in [7, 11) is 2.89. The highest BCUT2D eigenvalue weighted by Crippen LogP contribution is 2.20. The smallest absolute Gasteiger partial charge is 0.101 e. The molecule has 0 bridgehead atoms. The van der Waals surface area contributed by atoms with Gasteiger partial charge < -0.3 is 0 Å². The normalized spacial score (nSPS) is 12.0. The summed E-state index contributed by atoms with van der Waals surface area (Å²) >= 11 is 0. The van der Waals surface area contributed by atoms with E-state index in [4.69, 9.17) is 9.78 Å². The van der Waals surface area contributed by atoms with Crippen LogP contribution >= 0.6 is 0 Å². The average molecular weight is 423 g/mol. The third-order valence-electron chi connectivity index (χ3n) is 4.67. The fraction of sp³-hybridized carbons (Fsp3) is 1.00. The molecule has 0 saturated heterocycles. The Morgan fingerprint density at radius 1 is 0.483 bits per heavy atom. The van der Waals surface area contributed by atoms with Crippen LogP contribution in [-0.4, -0.2) is 25.4 Å². The second kappa shape index (κ2) is 21.0. The molecule has 0 aromatic carbocycles. The molecule has 0 atom stereocenters. The zero-order valence-corrected chi connectivity index (χ0v) is 20.6. The first-order valence-electron chi connectivity index (χ1n) is 11.5. The first kappa shape index (κ1) is 30.9. The van der Waals surface area contributed by atoms with E-state index in [1.807, 2.05) is 27.7 Å². The van der Waals surface area contributed by atoms with Gasteiger partial charge >= 0.3 is 0 Å². The van der Waals surface area contributed by atoms with Crippen LogP contribution in [0.3, 0.4) is 0 Å². The first-order valence-corrected chi connectivity index (χ1v) is 11.5. The van der Waals surface area contributed by atoms with Crippen LogP contribution in [0.25, 0.3) is 0 Å². The molecule has 0 radical (unpaired) electrons. The summed E-state index contributed by atoms with van der Waals surface area (Å²) in [5.41, 5.74) is -0.497. The zero-order chi connectivity index (χ0) is 22.4. The van der Waals surface area contributed by atoms with Crippen molar-refractivity contribution in [2.24, 2.45) is 0 Å². The molecular weight excluding hydrogens is 372 g/mol. The lowest BCUT2D eigenvalue weighted by Crippen LogP contribution is -2.24. The van der Waals surface area contributed by atoms with Gasteiger partial charge in [0, 0.05) is 0 Å². The average Bonchev–Trinajstić information content (AvgIpc) is 2.68. The SMILES string of the molecule is CCCCCCCC(C)(C)OOOC.CCCCCCCCC(C)(C)OOOC. The number of hydrogen-bond donors (Lipinski definition) is 0. The van der Waals surface area contributed by atoms with Crippen molar-refractivity contribution in [2.75, 3.05) is 14.2 Å². The van der Waals surface area contributed by atoms with Crippen LogP contribution in [0.5, 0.6) is 0 Å². The Morgan fingerprint density at radius 3 is 1.10 bits per heavy atom. The van der Waals surface area contributed by atoms with Crippen LogP contribution in [0.4, 0.5) is 0 Å². The van der Waals surface area contributed by atoms with Crippen molar-refractivity contribution >= 4 is 0 Å². The second-order valence-electron chi connectivity index (χ2n) is 8.84. The Hall–Kier alpha value is -0.240. The fourth-order valence-electron chi connectivity index (χ4n) is 2.82. The minimum atomic E-state index is -0.249. The summed E-state index contributed by atoms with van der Waals surface area (Å²) < 4.78 is 0. The van der Waals surface area contributed by atoms with E-state index >= 15 is 0 Å². The van der Waals surface area contributed by atoms with E-state index in [2.05, 4.69) is 33.7 Å². The molecule has 0 heterocycles. The number of unbranched alkanes of at least 4 members (excludes halogenated alkanes) is 9. The molecule has 6 heteroatoms. The molecule has 6 nitrogen and oxygen atoms in total. The molecule has 0 rings (SSSR count). The monoisotopic (exact) mass is 422 g/mol. The molecule has 0 saturated carbocycles. The van der Waals surface area contributed by atoms with Crippen molar-refractivity contribution < 1.29 is 29.6 Å². The second-order valence-corrected chi connectivity index (χ2v) is 8.84. The van der Waals surface area contributed by atoms with E-state index in [1.165, 1.54) is 84.8 Å². The Bertz CT molecular complexity index is 320.